The lowest BCUT2D eigenvalue weighted by Gasteiger charge is -2.13. The summed E-state index contributed by atoms with van der Waals surface area (Å²) in [5.41, 5.74) is 2.35. The van der Waals surface area contributed by atoms with Crippen LogP contribution in [0, 0.1) is 31.0 Å². The molecule has 1 N–H and O–H groups in total. The average Bonchev–Trinajstić information content (AvgIpc) is 3.09. The molecule has 0 saturated heterocycles. The maximum atomic E-state index is 13.3. The SMILES string of the molecule is Cc1c(C#N)c(NC(=O)COC(=O)Cn2nnc3ccccc3c2=O)n(Cc2ccc(F)cc2)c1C. The van der Waals surface area contributed by atoms with Gasteiger partial charge in [0, 0.05) is 12.2 Å². The van der Waals surface area contributed by atoms with Gasteiger partial charge in [-0.15, -0.1) is 5.10 Å². The second kappa shape index (κ2) is 10.2. The van der Waals surface area contributed by atoms with Gasteiger partial charge in [-0.25, -0.2) is 4.39 Å². The fraction of sp³-hybridized carbons (Fsp3) is 0.200. The third kappa shape index (κ3) is 4.97. The Labute approximate surface area is 204 Å². The van der Waals surface area contributed by atoms with E-state index < -0.39 is 30.6 Å². The molecule has 0 spiro atoms. The van der Waals surface area contributed by atoms with Crippen LogP contribution in [-0.4, -0.2) is 38.0 Å². The molecule has 36 heavy (non-hydrogen) atoms. The van der Waals surface area contributed by atoms with Gasteiger partial charge < -0.3 is 14.6 Å². The molecule has 0 aliphatic carbocycles. The third-order valence-corrected chi connectivity index (χ3v) is 5.73. The monoisotopic (exact) mass is 488 g/mol. The van der Waals surface area contributed by atoms with E-state index in [2.05, 4.69) is 21.7 Å². The highest BCUT2D eigenvalue weighted by molar-refractivity contribution is 5.93. The van der Waals surface area contributed by atoms with Crippen LogP contribution in [0.4, 0.5) is 10.2 Å². The maximum absolute atomic E-state index is 13.3. The zero-order chi connectivity index (χ0) is 25.8. The number of nitriles is 1. The number of carbonyl (C=O) groups is 2. The van der Waals surface area contributed by atoms with Crippen LogP contribution in [0.15, 0.2) is 53.3 Å². The normalized spacial score (nSPS) is 10.7. The minimum atomic E-state index is -0.855. The molecule has 0 radical (unpaired) electrons. The number of nitrogens with one attached hydrogen (secondary N) is 1. The summed E-state index contributed by atoms with van der Waals surface area (Å²) in [6.07, 6.45) is 0. The fourth-order valence-electron chi connectivity index (χ4n) is 3.71. The number of hydrogen-bond acceptors (Lipinski definition) is 7. The maximum Gasteiger partial charge on any atom is 0.328 e. The summed E-state index contributed by atoms with van der Waals surface area (Å²) in [5.74, 6) is -1.65. The van der Waals surface area contributed by atoms with E-state index in [1.165, 1.54) is 12.1 Å². The van der Waals surface area contributed by atoms with E-state index in [0.29, 0.717) is 16.5 Å². The molecule has 2 aromatic carbocycles. The van der Waals surface area contributed by atoms with Crippen molar-refractivity contribution in [1.82, 2.24) is 19.6 Å². The highest BCUT2D eigenvalue weighted by Gasteiger charge is 2.21. The second-order valence-electron chi connectivity index (χ2n) is 8.04. The van der Waals surface area contributed by atoms with E-state index >= 15 is 0 Å². The largest absolute Gasteiger partial charge is 0.454 e. The van der Waals surface area contributed by atoms with Crippen LogP contribution in [0.2, 0.25) is 0 Å². The van der Waals surface area contributed by atoms with Crippen molar-refractivity contribution in [2.24, 2.45) is 0 Å². The molecule has 182 valence electrons. The van der Waals surface area contributed by atoms with Crippen molar-refractivity contribution >= 4 is 28.6 Å². The van der Waals surface area contributed by atoms with E-state index in [1.807, 2.05) is 0 Å². The standard InChI is InChI=1S/C25H21FN6O4/c1-15-16(2)31(12-17-7-9-18(26)10-8-17)24(20(15)11-27)28-22(33)14-36-23(34)13-32-25(35)19-5-3-4-6-21(19)29-30-32/h3-10H,12-14H2,1-2H3,(H,28,33). The van der Waals surface area contributed by atoms with E-state index in [9.17, 15) is 24.0 Å². The van der Waals surface area contributed by atoms with E-state index in [0.717, 1.165) is 15.9 Å². The Morgan fingerprint density at radius 2 is 1.86 bits per heavy atom. The Kier molecular flexibility index (Phi) is 6.87. The molecular formula is C25H21FN6O4. The van der Waals surface area contributed by atoms with Crippen LogP contribution < -0.4 is 10.9 Å². The lowest BCUT2D eigenvalue weighted by molar-refractivity contribution is -0.148. The number of amides is 1. The van der Waals surface area contributed by atoms with Crippen LogP contribution in [0.3, 0.4) is 0 Å². The summed E-state index contributed by atoms with van der Waals surface area (Å²) in [5, 5.41) is 20.2. The van der Waals surface area contributed by atoms with Gasteiger partial charge in [-0.05, 0) is 49.2 Å². The first kappa shape index (κ1) is 24.3. The summed E-state index contributed by atoms with van der Waals surface area (Å²) in [7, 11) is 0. The van der Waals surface area contributed by atoms with Crippen LogP contribution in [0.5, 0.6) is 0 Å². The predicted molar refractivity (Wildman–Crippen MR) is 128 cm³/mol. The van der Waals surface area contributed by atoms with Crippen LogP contribution in [-0.2, 0) is 27.4 Å². The molecule has 0 aliphatic rings. The molecule has 0 fully saturated rings. The van der Waals surface area contributed by atoms with Crippen molar-refractivity contribution in [2.45, 2.75) is 26.9 Å². The van der Waals surface area contributed by atoms with Crippen molar-refractivity contribution in [3.8, 4) is 6.07 Å². The van der Waals surface area contributed by atoms with Crippen LogP contribution >= 0.6 is 0 Å². The lowest BCUT2D eigenvalue weighted by Crippen LogP contribution is -2.30. The summed E-state index contributed by atoms with van der Waals surface area (Å²) < 4.78 is 20.9. The molecule has 0 bridgehead atoms. The molecule has 0 saturated carbocycles. The molecule has 4 aromatic rings. The van der Waals surface area contributed by atoms with Crippen molar-refractivity contribution in [2.75, 3.05) is 11.9 Å². The van der Waals surface area contributed by atoms with E-state index in [-0.39, 0.29) is 23.7 Å². The van der Waals surface area contributed by atoms with Gasteiger partial charge in [-0.3, -0.25) is 14.4 Å². The second-order valence-corrected chi connectivity index (χ2v) is 8.04. The number of halogens is 1. The highest BCUT2D eigenvalue weighted by atomic mass is 19.1. The van der Waals surface area contributed by atoms with E-state index in [4.69, 9.17) is 4.74 Å². The smallest absolute Gasteiger partial charge is 0.328 e. The molecule has 0 atom stereocenters. The van der Waals surface area contributed by atoms with Gasteiger partial charge in [0.1, 0.15) is 29.8 Å². The number of esters is 1. The Hall–Kier alpha value is -4.85. The predicted octanol–water partition coefficient (Wildman–Crippen LogP) is 2.45. The number of fused-ring (bicyclic) bond motifs is 1. The van der Waals surface area contributed by atoms with Gasteiger partial charge in [0.15, 0.2) is 6.61 Å². The third-order valence-electron chi connectivity index (χ3n) is 5.73. The van der Waals surface area contributed by atoms with Gasteiger partial charge in [0.2, 0.25) is 0 Å². The van der Waals surface area contributed by atoms with Gasteiger partial charge in [0.05, 0.1) is 10.9 Å². The lowest BCUT2D eigenvalue weighted by atomic mass is 10.2. The quantitative estimate of drug-likeness (QED) is 0.395. The summed E-state index contributed by atoms with van der Waals surface area (Å²) in [4.78, 5) is 37.3. The topological polar surface area (TPSA) is 132 Å². The molecule has 2 heterocycles. The molecule has 11 heteroatoms. The van der Waals surface area contributed by atoms with Crippen molar-refractivity contribution in [3.63, 3.8) is 0 Å². The first-order valence-corrected chi connectivity index (χ1v) is 10.9. The number of ether oxygens (including phenoxy) is 1. The van der Waals surface area contributed by atoms with Crippen LogP contribution in [0.25, 0.3) is 10.9 Å². The molecule has 10 nitrogen and oxygen atoms in total. The Morgan fingerprint density at radius 3 is 2.58 bits per heavy atom. The first-order valence-electron chi connectivity index (χ1n) is 10.9. The number of anilines is 1. The van der Waals surface area contributed by atoms with Gasteiger partial charge >= 0.3 is 5.97 Å². The summed E-state index contributed by atoms with van der Waals surface area (Å²) >= 11 is 0. The fourth-order valence-corrected chi connectivity index (χ4v) is 3.71. The number of carbonyl (C=O) groups excluding carboxylic acids is 2. The van der Waals surface area contributed by atoms with Crippen LogP contribution in [0.1, 0.15) is 22.4 Å². The van der Waals surface area contributed by atoms with Crippen molar-refractivity contribution in [3.05, 3.63) is 87.1 Å². The summed E-state index contributed by atoms with van der Waals surface area (Å²) in [6, 6.07) is 14.5. The Morgan fingerprint density at radius 1 is 1.14 bits per heavy atom. The number of rotatable bonds is 7. The Bertz CT molecular complexity index is 1570. The molecule has 4 rings (SSSR count). The first-order chi connectivity index (χ1) is 17.3. The minimum absolute atomic E-state index is 0.245. The number of aromatic nitrogens is 4. The number of hydrogen-bond donors (Lipinski definition) is 1. The molecule has 2 aromatic heterocycles. The average molecular weight is 488 g/mol. The molecular weight excluding hydrogens is 467 g/mol. The van der Waals surface area contributed by atoms with Crippen molar-refractivity contribution in [1.29, 1.82) is 5.26 Å². The van der Waals surface area contributed by atoms with E-state index in [1.54, 1.807) is 54.8 Å². The summed E-state index contributed by atoms with van der Waals surface area (Å²) in [6.45, 7) is 2.68. The van der Waals surface area contributed by atoms with Gasteiger partial charge in [-0.1, -0.05) is 29.5 Å². The number of benzene rings is 2. The Balaban J connectivity index is 1.45. The highest BCUT2D eigenvalue weighted by Crippen LogP contribution is 2.27. The molecule has 0 aliphatic heterocycles. The van der Waals surface area contributed by atoms with Gasteiger partial charge in [-0.2, -0.15) is 9.94 Å². The zero-order valence-electron chi connectivity index (χ0n) is 19.5. The van der Waals surface area contributed by atoms with Crippen molar-refractivity contribution < 1.29 is 18.7 Å². The number of nitrogens with zero attached hydrogens (tertiary/aromatic N) is 5. The zero-order valence-corrected chi connectivity index (χ0v) is 19.5. The molecule has 0 unspecified atom stereocenters. The molecule has 1 amide bonds. The minimum Gasteiger partial charge on any atom is -0.454 e. The van der Waals surface area contributed by atoms with Gasteiger partial charge in [0.25, 0.3) is 11.5 Å².